The summed E-state index contributed by atoms with van der Waals surface area (Å²) in [5, 5.41) is 3.98. The zero-order valence-corrected chi connectivity index (χ0v) is 15.4. The second-order valence-corrected chi connectivity index (χ2v) is 6.44. The Balaban J connectivity index is 1.37. The summed E-state index contributed by atoms with van der Waals surface area (Å²) >= 11 is 0. The molecule has 0 spiro atoms. The molecule has 1 aliphatic heterocycles. The second-order valence-electron chi connectivity index (χ2n) is 6.44. The van der Waals surface area contributed by atoms with Gasteiger partial charge in [0.25, 0.3) is 5.89 Å². The van der Waals surface area contributed by atoms with E-state index in [9.17, 15) is 0 Å². The predicted octanol–water partition coefficient (Wildman–Crippen LogP) is 2.85. The first kappa shape index (κ1) is 17.5. The van der Waals surface area contributed by atoms with E-state index >= 15 is 0 Å². The van der Waals surface area contributed by atoms with Gasteiger partial charge in [-0.1, -0.05) is 30.3 Å². The molecule has 0 atom stereocenters. The molecule has 7 heteroatoms. The van der Waals surface area contributed by atoms with Gasteiger partial charge in [0.2, 0.25) is 5.82 Å². The van der Waals surface area contributed by atoms with E-state index in [1.54, 1.807) is 6.20 Å². The maximum absolute atomic E-state index is 5.65. The first-order valence-corrected chi connectivity index (χ1v) is 9.26. The van der Waals surface area contributed by atoms with E-state index in [0.29, 0.717) is 11.7 Å². The topological polar surface area (TPSA) is 67.5 Å². The summed E-state index contributed by atoms with van der Waals surface area (Å²) in [5.74, 6) is 2.73. The van der Waals surface area contributed by atoms with Crippen LogP contribution in [0.2, 0.25) is 0 Å². The van der Waals surface area contributed by atoms with Gasteiger partial charge in [-0.3, -0.25) is 0 Å². The molecule has 3 heterocycles. The van der Waals surface area contributed by atoms with E-state index in [1.165, 1.54) is 0 Å². The van der Waals surface area contributed by atoms with Crippen molar-refractivity contribution in [2.75, 3.05) is 37.6 Å². The fraction of sp³-hybridized carbons (Fsp3) is 0.350. The highest BCUT2D eigenvalue weighted by Crippen LogP contribution is 2.21. The molecular weight excluding hydrogens is 342 g/mol. The minimum atomic E-state index is 0.265. The lowest BCUT2D eigenvalue weighted by atomic mass is 10.2. The molecule has 1 aromatic carbocycles. The standard InChI is InChI=1S/C20H23N5O2/c1-2-24-10-12-25(13-11-24)19-9-8-16(14-21-19)20-22-18(23-27-20)15-26-17-6-4-3-5-7-17/h3-9,14H,2,10-13,15H2,1H3. The quantitative estimate of drug-likeness (QED) is 0.665. The first-order chi connectivity index (χ1) is 13.3. The van der Waals surface area contributed by atoms with Crippen molar-refractivity contribution in [2.45, 2.75) is 13.5 Å². The number of hydrogen-bond acceptors (Lipinski definition) is 7. The SMILES string of the molecule is CCN1CCN(c2ccc(-c3nc(COc4ccccc4)no3)cn2)CC1. The number of hydrogen-bond donors (Lipinski definition) is 0. The number of benzene rings is 1. The van der Waals surface area contributed by atoms with Crippen molar-refractivity contribution >= 4 is 5.82 Å². The third kappa shape index (κ3) is 4.25. The Kier molecular flexibility index (Phi) is 5.29. The number of ether oxygens (including phenoxy) is 1. The van der Waals surface area contributed by atoms with Crippen molar-refractivity contribution in [1.82, 2.24) is 20.0 Å². The Morgan fingerprint density at radius 2 is 1.85 bits per heavy atom. The van der Waals surface area contributed by atoms with Gasteiger partial charge in [-0.2, -0.15) is 4.98 Å². The fourth-order valence-corrected chi connectivity index (χ4v) is 3.09. The lowest BCUT2D eigenvalue weighted by molar-refractivity contribution is 0.270. The Labute approximate surface area is 158 Å². The average Bonchev–Trinajstić information content (AvgIpc) is 3.22. The number of rotatable bonds is 6. The van der Waals surface area contributed by atoms with Gasteiger partial charge < -0.3 is 19.1 Å². The van der Waals surface area contributed by atoms with Crippen LogP contribution in [0.1, 0.15) is 12.7 Å². The molecule has 0 aliphatic carbocycles. The molecule has 1 saturated heterocycles. The van der Waals surface area contributed by atoms with Gasteiger partial charge in [-0.15, -0.1) is 0 Å². The molecule has 7 nitrogen and oxygen atoms in total. The third-order valence-corrected chi connectivity index (χ3v) is 4.72. The Hall–Kier alpha value is -2.93. The Bertz CT molecular complexity index is 842. The van der Waals surface area contributed by atoms with Crippen LogP contribution in [-0.4, -0.2) is 52.7 Å². The summed E-state index contributed by atoms with van der Waals surface area (Å²) in [6.45, 7) is 7.73. The Morgan fingerprint density at radius 3 is 2.56 bits per heavy atom. The van der Waals surface area contributed by atoms with Crippen LogP contribution >= 0.6 is 0 Å². The van der Waals surface area contributed by atoms with Gasteiger partial charge in [0.15, 0.2) is 6.61 Å². The van der Waals surface area contributed by atoms with Crippen molar-refractivity contribution < 1.29 is 9.26 Å². The van der Waals surface area contributed by atoms with Crippen LogP contribution in [0.3, 0.4) is 0 Å². The maximum atomic E-state index is 5.65. The van der Waals surface area contributed by atoms with Crippen molar-refractivity contribution in [3.63, 3.8) is 0 Å². The zero-order chi connectivity index (χ0) is 18.5. The van der Waals surface area contributed by atoms with Crippen LogP contribution in [0, 0.1) is 0 Å². The highest BCUT2D eigenvalue weighted by Gasteiger charge is 2.17. The fourth-order valence-electron chi connectivity index (χ4n) is 3.09. The predicted molar refractivity (Wildman–Crippen MR) is 103 cm³/mol. The summed E-state index contributed by atoms with van der Waals surface area (Å²) in [5.41, 5.74) is 0.810. The van der Waals surface area contributed by atoms with E-state index in [-0.39, 0.29) is 6.61 Å². The van der Waals surface area contributed by atoms with Crippen molar-refractivity contribution in [2.24, 2.45) is 0 Å². The molecule has 0 saturated carbocycles. The monoisotopic (exact) mass is 365 g/mol. The van der Waals surface area contributed by atoms with E-state index < -0.39 is 0 Å². The largest absolute Gasteiger partial charge is 0.485 e. The molecule has 27 heavy (non-hydrogen) atoms. The number of nitrogens with zero attached hydrogens (tertiary/aromatic N) is 5. The molecule has 0 radical (unpaired) electrons. The smallest absolute Gasteiger partial charge is 0.259 e. The summed E-state index contributed by atoms with van der Waals surface area (Å²) in [6, 6.07) is 13.6. The number of anilines is 1. The van der Waals surface area contributed by atoms with E-state index in [1.807, 2.05) is 42.5 Å². The molecular formula is C20H23N5O2. The van der Waals surface area contributed by atoms with E-state index in [0.717, 1.165) is 49.9 Å². The highest BCUT2D eigenvalue weighted by atomic mass is 16.5. The van der Waals surface area contributed by atoms with Crippen LogP contribution < -0.4 is 9.64 Å². The molecule has 0 unspecified atom stereocenters. The van der Waals surface area contributed by atoms with Crippen LogP contribution in [0.4, 0.5) is 5.82 Å². The molecule has 0 amide bonds. The molecule has 4 rings (SSSR count). The van der Waals surface area contributed by atoms with Crippen LogP contribution in [0.5, 0.6) is 5.75 Å². The minimum Gasteiger partial charge on any atom is -0.485 e. The lowest BCUT2D eigenvalue weighted by Crippen LogP contribution is -2.46. The number of para-hydroxylation sites is 1. The zero-order valence-electron chi connectivity index (χ0n) is 15.4. The van der Waals surface area contributed by atoms with Gasteiger partial charge in [0.05, 0.1) is 5.56 Å². The Morgan fingerprint density at radius 1 is 1.04 bits per heavy atom. The van der Waals surface area contributed by atoms with Gasteiger partial charge in [-0.25, -0.2) is 4.98 Å². The molecule has 0 N–H and O–H groups in total. The lowest BCUT2D eigenvalue weighted by Gasteiger charge is -2.34. The number of aromatic nitrogens is 3. The summed E-state index contributed by atoms with van der Waals surface area (Å²) in [7, 11) is 0. The normalized spacial score (nSPS) is 15.1. The molecule has 2 aromatic heterocycles. The van der Waals surface area contributed by atoms with Gasteiger partial charge in [0, 0.05) is 32.4 Å². The third-order valence-electron chi connectivity index (χ3n) is 4.72. The van der Waals surface area contributed by atoms with Crippen molar-refractivity contribution in [1.29, 1.82) is 0 Å². The molecule has 3 aromatic rings. The molecule has 140 valence electrons. The van der Waals surface area contributed by atoms with Crippen LogP contribution in [0.25, 0.3) is 11.5 Å². The molecule has 0 bridgehead atoms. The summed E-state index contributed by atoms with van der Waals surface area (Å²) in [4.78, 5) is 13.7. The summed E-state index contributed by atoms with van der Waals surface area (Å²) < 4.78 is 11.0. The maximum Gasteiger partial charge on any atom is 0.259 e. The average molecular weight is 365 g/mol. The van der Waals surface area contributed by atoms with Crippen LogP contribution in [0.15, 0.2) is 53.2 Å². The molecule has 1 aliphatic rings. The second kappa shape index (κ2) is 8.18. The number of piperazine rings is 1. The van der Waals surface area contributed by atoms with E-state index in [2.05, 4.69) is 31.8 Å². The van der Waals surface area contributed by atoms with E-state index in [4.69, 9.17) is 9.26 Å². The van der Waals surface area contributed by atoms with Crippen LogP contribution in [-0.2, 0) is 6.61 Å². The summed E-state index contributed by atoms with van der Waals surface area (Å²) in [6.07, 6.45) is 1.79. The van der Waals surface area contributed by atoms with Gasteiger partial charge in [-0.05, 0) is 30.8 Å². The van der Waals surface area contributed by atoms with Crippen molar-refractivity contribution in [3.05, 3.63) is 54.5 Å². The van der Waals surface area contributed by atoms with Gasteiger partial charge in [0.1, 0.15) is 11.6 Å². The van der Waals surface area contributed by atoms with Crippen molar-refractivity contribution in [3.8, 4) is 17.2 Å². The number of pyridine rings is 1. The first-order valence-electron chi connectivity index (χ1n) is 9.26. The number of likely N-dealkylation sites (N-methyl/N-ethyl adjacent to an activating group) is 1. The molecule has 1 fully saturated rings. The van der Waals surface area contributed by atoms with Gasteiger partial charge >= 0.3 is 0 Å². The highest BCUT2D eigenvalue weighted by molar-refractivity contribution is 5.54. The minimum absolute atomic E-state index is 0.265.